The van der Waals surface area contributed by atoms with Crippen molar-refractivity contribution in [2.45, 2.75) is 33.7 Å². The molecule has 6 heteroatoms. The van der Waals surface area contributed by atoms with Gasteiger partial charge < -0.3 is 20.5 Å². The number of hydrogen-bond acceptors (Lipinski definition) is 5. The van der Waals surface area contributed by atoms with Gasteiger partial charge in [0.15, 0.2) is 0 Å². The van der Waals surface area contributed by atoms with Gasteiger partial charge in [-0.1, -0.05) is 44.5 Å². The minimum atomic E-state index is -0.290. The lowest BCUT2D eigenvalue weighted by molar-refractivity contribution is 0.350. The Bertz CT molecular complexity index is 1280. The van der Waals surface area contributed by atoms with Gasteiger partial charge in [-0.3, -0.25) is 4.79 Å². The lowest BCUT2D eigenvalue weighted by atomic mass is 9.88. The summed E-state index contributed by atoms with van der Waals surface area (Å²) in [6.07, 6.45) is 1.51. The number of pyridine rings is 2. The van der Waals surface area contributed by atoms with Crippen molar-refractivity contribution in [3.63, 3.8) is 0 Å². The quantitative estimate of drug-likeness (QED) is 0.390. The SMILES string of the molecule is CC(Nc1nc2c(C#CCO)c[nH]c(=O)c2c2cc(C#CCO)ccc12)C(C)(C)C. The average Bonchev–Trinajstić information content (AvgIpc) is 2.70. The van der Waals surface area contributed by atoms with E-state index in [2.05, 4.69) is 61.7 Å². The standard InChI is InChI=1S/C24H25N3O3/c1-15(24(2,3)4)26-22-18-10-9-16(7-5-11-28)13-19(18)20-21(27-22)17(8-6-12-29)14-25-23(20)30/h9-10,13-15,28-29H,11-12H2,1-4H3,(H,25,30)(H,26,27). The molecule has 2 heterocycles. The van der Waals surface area contributed by atoms with Gasteiger partial charge in [-0.15, -0.1) is 0 Å². The van der Waals surface area contributed by atoms with Crippen LogP contribution < -0.4 is 10.9 Å². The molecule has 0 aliphatic carbocycles. The van der Waals surface area contributed by atoms with Gasteiger partial charge in [-0.25, -0.2) is 4.98 Å². The fourth-order valence-corrected chi connectivity index (χ4v) is 3.00. The maximum absolute atomic E-state index is 12.7. The summed E-state index contributed by atoms with van der Waals surface area (Å²) < 4.78 is 0. The number of aromatic amines is 1. The van der Waals surface area contributed by atoms with E-state index < -0.39 is 0 Å². The number of anilines is 1. The number of aliphatic hydroxyl groups is 2. The lowest BCUT2D eigenvalue weighted by Gasteiger charge is -2.29. The molecule has 0 fully saturated rings. The van der Waals surface area contributed by atoms with E-state index in [1.165, 1.54) is 6.20 Å². The molecule has 0 saturated heterocycles. The molecule has 0 spiro atoms. The molecule has 0 aliphatic rings. The van der Waals surface area contributed by atoms with Gasteiger partial charge in [-0.05, 0) is 30.5 Å². The molecule has 2 aromatic heterocycles. The number of fused-ring (bicyclic) bond motifs is 3. The summed E-state index contributed by atoms with van der Waals surface area (Å²) in [5, 5.41) is 23.5. The van der Waals surface area contributed by atoms with Crippen LogP contribution in [-0.4, -0.2) is 39.4 Å². The highest BCUT2D eigenvalue weighted by atomic mass is 16.3. The summed E-state index contributed by atoms with van der Waals surface area (Å²) in [7, 11) is 0. The maximum atomic E-state index is 12.7. The van der Waals surface area contributed by atoms with Gasteiger partial charge in [0.1, 0.15) is 19.0 Å². The minimum Gasteiger partial charge on any atom is -0.384 e. The second kappa shape index (κ2) is 8.59. The number of nitrogens with one attached hydrogen (secondary N) is 2. The number of rotatable bonds is 2. The van der Waals surface area contributed by atoms with E-state index >= 15 is 0 Å². The van der Waals surface area contributed by atoms with Crippen LogP contribution in [0, 0.1) is 29.1 Å². The Morgan fingerprint density at radius 3 is 2.50 bits per heavy atom. The Balaban J connectivity index is 2.40. The summed E-state index contributed by atoms with van der Waals surface area (Å²) in [4.78, 5) is 20.2. The van der Waals surface area contributed by atoms with Gasteiger partial charge in [0.05, 0.1) is 16.5 Å². The topological polar surface area (TPSA) is 98.2 Å². The normalized spacial score (nSPS) is 12.1. The fraction of sp³-hybridized carbons (Fsp3) is 0.333. The zero-order chi connectivity index (χ0) is 21.9. The molecule has 0 amide bonds. The number of hydrogen-bond donors (Lipinski definition) is 4. The Morgan fingerprint density at radius 2 is 1.83 bits per heavy atom. The minimum absolute atomic E-state index is 0.0107. The Hall–Kier alpha value is -3.32. The summed E-state index contributed by atoms with van der Waals surface area (Å²) in [5.41, 5.74) is 1.38. The molecule has 4 N–H and O–H groups in total. The van der Waals surface area contributed by atoms with Gasteiger partial charge in [0.2, 0.25) is 0 Å². The van der Waals surface area contributed by atoms with Gasteiger partial charge in [0, 0.05) is 28.6 Å². The molecule has 0 aliphatic heterocycles. The fourth-order valence-electron chi connectivity index (χ4n) is 3.00. The molecule has 1 unspecified atom stereocenters. The maximum Gasteiger partial charge on any atom is 0.258 e. The van der Waals surface area contributed by atoms with Crippen LogP contribution in [0.5, 0.6) is 0 Å². The zero-order valence-electron chi connectivity index (χ0n) is 17.6. The first-order valence-electron chi connectivity index (χ1n) is 9.71. The van der Waals surface area contributed by atoms with E-state index in [1.54, 1.807) is 0 Å². The van der Waals surface area contributed by atoms with Crippen molar-refractivity contribution in [1.29, 1.82) is 0 Å². The van der Waals surface area contributed by atoms with Crippen LogP contribution in [0.4, 0.5) is 5.82 Å². The van der Waals surface area contributed by atoms with E-state index in [-0.39, 0.29) is 30.2 Å². The summed E-state index contributed by atoms with van der Waals surface area (Å²) in [6.45, 7) is 7.97. The summed E-state index contributed by atoms with van der Waals surface area (Å²) >= 11 is 0. The smallest absolute Gasteiger partial charge is 0.258 e. The molecule has 3 aromatic rings. The lowest BCUT2D eigenvalue weighted by Crippen LogP contribution is -2.31. The van der Waals surface area contributed by atoms with Crippen LogP contribution in [0.3, 0.4) is 0 Å². The predicted octanol–water partition coefficient (Wildman–Crippen LogP) is 2.61. The van der Waals surface area contributed by atoms with E-state index in [0.29, 0.717) is 33.2 Å². The molecular formula is C24H25N3O3. The number of benzene rings is 1. The van der Waals surface area contributed by atoms with Gasteiger partial charge in [-0.2, -0.15) is 0 Å². The second-order valence-electron chi connectivity index (χ2n) is 8.13. The first-order chi connectivity index (χ1) is 14.3. The van der Waals surface area contributed by atoms with E-state index in [1.807, 2.05) is 18.2 Å². The summed E-state index contributed by atoms with van der Waals surface area (Å²) in [6, 6.07) is 5.66. The highest BCUT2D eigenvalue weighted by Gasteiger charge is 2.22. The third-order valence-electron chi connectivity index (χ3n) is 5.10. The molecule has 0 radical (unpaired) electrons. The van der Waals surface area contributed by atoms with Gasteiger partial charge in [0.25, 0.3) is 5.56 Å². The molecule has 154 valence electrons. The number of nitrogens with zero attached hydrogens (tertiary/aromatic N) is 1. The molecule has 1 aromatic carbocycles. The highest BCUT2D eigenvalue weighted by molar-refractivity contribution is 6.11. The van der Waals surface area contributed by atoms with Crippen molar-refractivity contribution in [2.24, 2.45) is 5.41 Å². The first kappa shape index (κ1) is 21.4. The Labute approximate surface area is 175 Å². The molecule has 30 heavy (non-hydrogen) atoms. The van der Waals surface area contributed by atoms with Crippen LogP contribution in [-0.2, 0) is 0 Å². The first-order valence-corrected chi connectivity index (χ1v) is 9.71. The Kier molecular flexibility index (Phi) is 6.12. The molecule has 1 atom stereocenters. The molecular weight excluding hydrogens is 378 g/mol. The van der Waals surface area contributed by atoms with Crippen LogP contribution in [0.15, 0.2) is 29.2 Å². The van der Waals surface area contributed by atoms with Crippen molar-refractivity contribution in [2.75, 3.05) is 18.5 Å². The molecule has 0 saturated carbocycles. The van der Waals surface area contributed by atoms with E-state index in [0.717, 1.165) is 5.39 Å². The molecule has 0 bridgehead atoms. The van der Waals surface area contributed by atoms with Crippen molar-refractivity contribution in [3.8, 4) is 23.7 Å². The van der Waals surface area contributed by atoms with Crippen molar-refractivity contribution in [3.05, 3.63) is 45.9 Å². The van der Waals surface area contributed by atoms with Crippen molar-refractivity contribution < 1.29 is 10.2 Å². The Morgan fingerprint density at radius 1 is 1.13 bits per heavy atom. The number of aromatic nitrogens is 2. The predicted molar refractivity (Wildman–Crippen MR) is 120 cm³/mol. The van der Waals surface area contributed by atoms with Crippen LogP contribution >= 0.6 is 0 Å². The van der Waals surface area contributed by atoms with Crippen molar-refractivity contribution in [1.82, 2.24) is 9.97 Å². The number of H-pyrrole nitrogens is 1. The van der Waals surface area contributed by atoms with Crippen LogP contribution in [0.25, 0.3) is 21.7 Å². The van der Waals surface area contributed by atoms with E-state index in [4.69, 9.17) is 15.2 Å². The molecule has 6 nitrogen and oxygen atoms in total. The highest BCUT2D eigenvalue weighted by Crippen LogP contribution is 2.32. The van der Waals surface area contributed by atoms with Crippen LogP contribution in [0.2, 0.25) is 0 Å². The van der Waals surface area contributed by atoms with Crippen LogP contribution in [0.1, 0.15) is 38.8 Å². The largest absolute Gasteiger partial charge is 0.384 e. The second-order valence-corrected chi connectivity index (χ2v) is 8.13. The monoisotopic (exact) mass is 403 g/mol. The average molecular weight is 403 g/mol. The van der Waals surface area contributed by atoms with Gasteiger partial charge >= 0.3 is 0 Å². The zero-order valence-corrected chi connectivity index (χ0v) is 17.6. The van der Waals surface area contributed by atoms with Crippen molar-refractivity contribution >= 4 is 27.5 Å². The third-order valence-corrected chi connectivity index (χ3v) is 5.10. The molecule has 3 rings (SSSR count). The third kappa shape index (κ3) is 4.31. The number of aliphatic hydroxyl groups excluding tert-OH is 2. The summed E-state index contributed by atoms with van der Waals surface area (Å²) in [5.74, 6) is 11.7. The van der Waals surface area contributed by atoms with E-state index in [9.17, 15) is 4.79 Å².